The Labute approximate surface area is 148 Å². The summed E-state index contributed by atoms with van der Waals surface area (Å²) >= 11 is 0. The predicted octanol–water partition coefficient (Wildman–Crippen LogP) is 2.61. The highest BCUT2D eigenvalue weighted by Crippen LogP contribution is 2.12. The Kier molecular flexibility index (Phi) is 5.60. The average molecular weight is 340 g/mol. The Morgan fingerprint density at radius 1 is 1.28 bits per heavy atom. The number of nitrogens with one attached hydrogen (secondary N) is 2. The molecule has 1 unspecified atom stereocenters. The molecule has 6 nitrogen and oxygen atoms in total. The van der Waals surface area contributed by atoms with E-state index < -0.39 is 0 Å². The molecule has 132 valence electrons. The first kappa shape index (κ1) is 17.4. The number of carbonyl (C=O) groups excluding carboxylic acids is 1. The van der Waals surface area contributed by atoms with Crippen molar-refractivity contribution in [3.63, 3.8) is 0 Å². The van der Waals surface area contributed by atoms with Gasteiger partial charge in [-0.15, -0.1) is 0 Å². The molecule has 1 aliphatic rings. The van der Waals surface area contributed by atoms with Gasteiger partial charge in [0, 0.05) is 25.8 Å². The molecule has 0 saturated carbocycles. The van der Waals surface area contributed by atoms with E-state index in [1.165, 1.54) is 11.1 Å². The maximum absolute atomic E-state index is 12.3. The fraction of sp³-hybridized carbons (Fsp3) is 0.421. The van der Waals surface area contributed by atoms with Crippen molar-refractivity contribution in [1.29, 1.82) is 0 Å². The fourth-order valence-electron chi connectivity index (χ4n) is 2.89. The second-order valence-electron chi connectivity index (χ2n) is 6.37. The molecule has 6 heteroatoms. The topological polar surface area (TPSA) is 76.1 Å². The van der Waals surface area contributed by atoms with Crippen LogP contribution in [0.1, 0.15) is 40.3 Å². The van der Waals surface area contributed by atoms with E-state index in [1.54, 1.807) is 13.0 Å². The largest absolute Gasteiger partial charge is 0.376 e. The van der Waals surface area contributed by atoms with Crippen LogP contribution >= 0.6 is 0 Å². The van der Waals surface area contributed by atoms with E-state index in [9.17, 15) is 4.79 Å². The van der Waals surface area contributed by atoms with Crippen LogP contribution in [0.15, 0.2) is 30.3 Å². The molecule has 0 aliphatic carbocycles. The van der Waals surface area contributed by atoms with Crippen molar-refractivity contribution in [2.75, 3.05) is 18.5 Å². The minimum atomic E-state index is -0.195. The van der Waals surface area contributed by atoms with Crippen molar-refractivity contribution in [2.24, 2.45) is 0 Å². The number of hydrogen-bond donors (Lipinski definition) is 2. The van der Waals surface area contributed by atoms with E-state index in [2.05, 4.69) is 45.7 Å². The summed E-state index contributed by atoms with van der Waals surface area (Å²) in [7, 11) is 0. The smallest absolute Gasteiger partial charge is 0.270 e. The molecule has 1 atom stereocenters. The molecule has 0 radical (unpaired) electrons. The van der Waals surface area contributed by atoms with Gasteiger partial charge in [0.05, 0.1) is 6.10 Å². The average Bonchev–Trinajstić information content (AvgIpc) is 3.11. The summed E-state index contributed by atoms with van der Waals surface area (Å²) in [6.45, 7) is 5.80. The van der Waals surface area contributed by atoms with E-state index in [-0.39, 0.29) is 12.0 Å². The number of ether oxygens (including phenoxy) is 1. The highest BCUT2D eigenvalue weighted by Gasteiger charge is 2.17. The Hall–Kier alpha value is -2.47. The van der Waals surface area contributed by atoms with Crippen molar-refractivity contribution >= 4 is 11.7 Å². The molecule has 1 aliphatic heterocycles. The van der Waals surface area contributed by atoms with Gasteiger partial charge in [0.25, 0.3) is 5.91 Å². The van der Waals surface area contributed by atoms with E-state index in [0.29, 0.717) is 30.4 Å². The number of anilines is 1. The van der Waals surface area contributed by atoms with Crippen LogP contribution < -0.4 is 10.6 Å². The number of carbonyl (C=O) groups is 1. The minimum absolute atomic E-state index is 0.116. The highest BCUT2D eigenvalue weighted by atomic mass is 16.5. The van der Waals surface area contributed by atoms with Crippen LogP contribution in [0.3, 0.4) is 0 Å². The summed E-state index contributed by atoms with van der Waals surface area (Å²) in [6.07, 6.45) is 2.16. The molecule has 25 heavy (non-hydrogen) atoms. The third-order valence-corrected chi connectivity index (χ3v) is 4.14. The molecular weight excluding hydrogens is 316 g/mol. The maximum atomic E-state index is 12.3. The molecule has 1 aromatic carbocycles. The van der Waals surface area contributed by atoms with Crippen LogP contribution in [0, 0.1) is 13.8 Å². The molecule has 1 aromatic heterocycles. The fourth-order valence-corrected chi connectivity index (χ4v) is 2.89. The molecule has 1 fully saturated rings. The molecule has 2 aromatic rings. The third-order valence-electron chi connectivity index (χ3n) is 4.14. The summed E-state index contributed by atoms with van der Waals surface area (Å²) < 4.78 is 5.52. The van der Waals surface area contributed by atoms with Gasteiger partial charge in [0.2, 0.25) is 0 Å². The zero-order valence-electron chi connectivity index (χ0n) is 14.7. The molecule has 0 spiro atoms. The lowest BCUT2D eigenvalue weighted by Gasteiger charge is -2.12. The second kappa shape index (κ2) is 8.07. The van der Waals surface area contributed by atoms with Crippen LogP contribution in [0.4, 0.5) is 5.82 Å². The highest BCUT2D eigenvalue weighted by molar-refractivity contribution is 5.92. The third kappa shape index (κ3) is 5.00. The SMILES string of the molecule is Cc1cccc(CNc2cc(C(=O)NCC3CCCO3)nc(C)n2)c1. The summed E-state index contributed by atoms with van der Waals surface area (Å²) in [4.78, 5) is 20.9. The van der Waals surface area contributed by atoms with Gasteiger partial charge in [0.1, 0.15) is 17.3 Å². The van der Waals surface area contributed by atoms with Gasteiger partial charge in [-0.2, -0.15) is 0 Å². The van der Waals surface area contributed by atoms with E-state index in [4.69, 9.17) is 4.74 Å². The minimum Gasteiger partial charge on any atom is -0.376 e. The monoisotopic (exact) mass is 340 g/mol. The van der Waals surface area contributed by atoms with Gasteiger partial charge >= 0.3 is 0 Å². The zero-order valence-corrected chi connectivity index (χ0v) is 14.7. The Morgan fingerprint density at radius 3 is 2.92 bits per heavy atom. The Morgan fingerprint density at radius 2 is 2.16 bits per heavy atom. The maximum Gasteiger partial charge on any atom is 0.270 e. The zero-order chi connectivity index (χ0) is 17.6. The summed E-state index contributed by atoms with van der Waals surface area (Å²) in [6, 6.07) is 9.96. The van der Waals surface area contributed by atoms with Crippen LogP contribution in [0.5, 0.6) is 0 Å². The van der Waals surface area contributed by atoms with Gasteiger partial charge in [0.15, 0.2) is 0 Å². The lowest BCUT2D eigenvalue weighted by molar-refractivity contribution is 0.0853. The first-order chi connectivity index (χ1) is 12.1. The van der Waals surface area contributed by atoms with Gasteiger partial charge in [-0.1, -0.05) is 29.8 Å². The summed E-state index contributed by atoms with van der Waals surface area (Å²) in [5, 5.41) is 6.16. The number of aromatic nitrogens is 2. The first-order valence-electron chi connectivity index (χ1n) is 8.65. The van der Waals surface area contributed by atoms with Gasteiger partial charge in [-0.3, -0.25) is 4.79 Å². The predicted molar refractivity (Wildman–Crippen MR) is 96.6 cm³/mol. The van der Waals surface area contributed by atoms with Crippen LogP contribution in [-0.4, -0.2) is 35.1 Å². The Balaban J connectivity index is 1.62. The van der Waals surface area contributed by atoms with Crippen molar-refractivity contribution in [3.8, 4) is 0 Å². The van der Waals surface area contributed by atoms with E-state index in [0.717, 1.165) is 19.4 Å². The standard InChI is InChI=1S/C19H24N4O2/c1-13-5-3-6-15(9-13)11-20-18-10-17(22-14(2)23-18)19(24)21-12-16-7-4-8-25-16/h3,5-6,9-10,16H,4,7-8,11-12H2,1-2H3,(H,21,24)(H,20,22,23). The lowest BCUT2D eigenvalue weighted by atomic mass is 10.1. The molecule has 1 amide bonds. The molecule has 2 heterocycles. The normalized spacial score (nSPS) is 16.6. The number of nitrogens with zero attached hydrogens (tertiary/aromatic N) is 2. The Bertz CT molecular complexity index is 742. The molecule has 3 rings (SSSR count). The summed E-state index contributed by atoms with van der Waals surface area (Å²) in [5.74, 6) is 1.02. The number of aryl methyl sites for hydroxylation is 2. The van der Waals surface area contributed by atoms with E-state index in [1.807, 2.05) is 6.07 Å². The van der Waals surface area contributed by atoms with Crippen molar-refractivity contribution in [2.45, 2.75) is 39.3 Å². The second-order valence-corrected chi connectivity index (χ2v) is 6.37. The number of hydrogen-bond acceptors (Lipinski definition) is 5. The lowest BCUT2D eigenvalue weighted by Crippen LogP contribution is -2.32. The van der Waals surface area contributed by atoms with Gasteiger partial charge in [-0.05, 0) is 32.3 Å². The number of rotatable bonds is 6. The van der Waals surface area contributed by atoms with Crippen LogP contribution in [-0.2, 0) is 11.3 Å². The van der Waals surface area contributed by atoms with Crippen LogP contribution in [0.2, 0.25) is 0 Å². The molecular formula is C19H24N4O2. The van der Waals surface area contributed by atoms with Gasteiger partial charge < -0.3 is 15.4 Å². The molecule has 2 N–H and O–H groups in total. The number of amides is 1. The van der Waals surface area contributed by atoms with Crippen molar-refractivity contribution in [3.05, 3.63) is 53.0 Å². The molecule has 1 saturated heterocycles. The van der Waals surface area contributed by atoms with Gasteiger partial charge in [-0.25, -0.2) is 9.97 Å². The molecule has 0 bridgehead atoms. The van der Waals surface area contributed by atoms with Crippen molar-refractivity contribution < 1.29 is 9.53 Å². The first-order valence-corrected chi connectivity index (χ1v) is 8.65. The number of benzene rings is 1. The van der Waals surface area contributed by atoms with Crippen molar-refractivity contribution in [1.82, 2.24) is 15.3 Å². The van der Waals surface area contributed by atoms with E-state index >= 15 is 0 Å². The quantitative estimate of drug-likeness (QED) is 0.845. The van der Waals surface area contributed by atoms with Crippen LogP contribution in [0.25, 0.3) is 0 Å². The summed E-state index contributed by atoms with van der Waals surface area (Å²) in [5.41, 5.74) is 2.75.